The van der Waals surface area contributed by atoms with Gasteiger partial charge in [0.15, 0.2) is 0 Å². The molecule has 2 aromatic heterocycles. The molecule has 2 bridgehead atoms. The van der Waals surface area contributed by atoms with Crippen LogP contribution in [-0.4, -0.2) is 46.2 Å². The molecule has 2 aliphatic heterocycles. The number of thiophene rings is 1. The van der Waals surface area contributed by atoms with Gasteiger partial charge in [0.25, 0.3) is 11.8 Å². The summed E-state index contributed by atoms with van der Waals surface area (Å²) >= 11 is 7.47. The molecule has 2 saturated heterocycles. The summed E-state index contributed by atoms with van der Waals surface area (Å²) in [4.78, 5) is 24.6. The minimum Gasteiger partial charge on any atom is -0.477 e. The van der Waals surface area contributed by atoms with Crippen LogP contribution in [0.3, 0.4) is 0 Å². The second-order valence-electron chi connectivity index (χ2n) is 8.04. The molecule has 4 heterocycles. The Morgan fingerprint density at radius 2 is 1.90 bits per heavy atom. The van der Waals surface area contributed by atoms with Crippen LogP contribution >= 0.6 is 22.9 Å². The summed E-state index contributed by atoms with van der Waals surface area (Å²) in [7, 11) is 1.49. The number of amides is 1. The Labute approximate surface area is 189 Å². The Balaban J connectivity index is 1.21. The third-order valence-corrected chi connectivity index (χ3v) is 7.15. The summed E-state index contributed by atoms with van der Waals surface area (Å²) in [6.45, 7) is 0.914. The van der Waals surface area contributed by atoms with Crippen molar-refractivity contribution in [3.05, 3.63) is 46.3 Å². The first-order valence-corrected chi connectivity index (χ1v) is 11.6. The standard InChI is InChI=1S/C22H23ClN4O3S/c1-29-19-20(25-18-8-9-31-21(18)26-19)30-22(28)24-15-10-16-6-7-17(11-15)27(16)12-13-2-4-14(23)5-3-13/h2-5,8-9,15-17H,6-7,10-12H2,1H3,(H,24,28). The molecule has 1 amide bonds. The monoisotopic (exact) mass is 458 g/mol. The second-order valence-corrected chi connectivity index (χ2v) is 9.37. The lowest BCUT2D eigenvalue weighted by atomic mass is 9.96. The molecule has 2 aliphatic rings. The number of halogens is 1. The van der Waals surface area contributed by atoms with Gasteiger partial charge in [-0.15, -0.1) is 11.3 Å². The molecule has 1 N–H and O–H groups in total. The van der Waals surface area contributed by atoms with Crippen molar-refractivity contribution in [2.75, 3.05) is 7.11 Å². The number of methoxy groups -OCH3 is 1. The maximum Gasteiger partial charge on any atom is 0.414 e. The molecule has 3 aromatic rings. The molecule has 0 aliphatic carbocycles. The van der Waals surface area contributed by atoms with Crippen molar-refractivity contribution in [3.8, 4) is 11.8 Å². The van der Waals surface area contributed by atoms with Gasteiger partial charge in [-0.1, -0.05) is 23.7 Å². The number of aromatic nitrogens is 2. The fraction of sp³-hybridized carbons (Fsp3) is 0.409. The van der Waals surface area contributed by atoms with Crippen LogP contribution in [0.25, 0.3) is 10.3 Å². The van der Waals surface area contributed by atoms with E-state index < -0.39 is 6.09 Å². The van der Waals surface area contributed by atoms with Gasteiger partial charge in [0.1, 0.15) is 10.3 Å². The molecule has 162 valence electrons. The average Bonchev–Trinajstić information content (AvgIpc) is 3.29. The van der Waals surface area contributed by atoms with Gasteiger partial charge in [-0.3, -0.25) is 4.90 Å². The molecule has 2 unspecified atom stereocenters. The number of piperidine rings is 1. The van der Waals surface area contributed by atoms with Crippen molar-refractivity contribution >= 4 is 39.4 Å². The molecule has 0 radical (unpaired) electrons. The Hall–Kier alpha value is -2.42. The SMILES string of the molecule is COc1nc2sccc2nc1OC(=O)NC1CC2CCC(C1)N2Cc1ccc(Cl)cc1. The average molecular weight is 459 g/mol. The number of hydrogen-bond donors (Lipinski definition) is 1. The molecule has 2 atom stereocenters. The zero-order valence-electron chi connectivity index (χ0n) is 17.1. The van der Waals surface area contributed by atoms with Crippen molar-refractivity contribution in [1.29, 1.82) is 0 Å². The van der Waals surface area contributed by atoms with E-state index in [2.05, 4.69) is 32.3 Å². The van der Waals surface area contributed by atoms with Crippen LogP contribution in [0.1, 0.15) is 31.2 Å². The lowest BCUT2D eigenvalue weighted by molar-refractivity contribution is 0.107. The lowest BCUT2D eigenvalue weighted by Crippen LogP contribution is -2.50. The molecule has 1 aromatic carbocycles. The van der Waals surface area contributed by atoms with Gasteiger partial charge in [-0.05, 0) is 54.8 Å². The smallest absolute Gasteiger partial charge is 0.414 e. The Morgan fingerprint density at radius 3 is 2.61 bits per heavy atom. The molecule has 2 fully saturated rings. The Kier molecular flexibility index (Phi) is 5.69. The first kappa shape index (κ1) is 20.5. The van der Waals surface area contributed by atoms with E-state index in [0.717, 1.165) is 42.1 Å². The van der Waals surface area contributed by atoms with Crippen LogP contribution in [-0.2, 0) is 6.54 Å². The third kappa shape index (κ3) is 4.33. The van der Waals surface area contributed by atoms with Crippen molar-refractivity contribution in [2.24, 2.45) is 0 Å². The summed E-state index contributed by atoms with van der Waals surface area (Å²) in [5.74, 6) is 0.303. The highest BCUT2D eigenvalue weighted by atomic mass is 35.5. The molecular formula is C22H23ClN4O3S. The van der Waals surface area contributed by atoms with E-state index in [1.54, 1.807) is 0 Å². The van der Waals surface area contributed by atoms with Crippen LogP contribution in [0.15, 0.2) is 35.7 Å². The van der Waals surface area contributed by atoms with Crippen molar-refractivity contribution < 1.29 is 14.3 Å². The van der Waals surface area contributed by atoms with Crippen LogP contribution < -0.4 is 14.8 Å². The molecule has 7 nitrogen and oxygen atoms in total. The van der Waals surface area contributed by atoms with E-state index in [0.29, 0.717) is 17.6 Å². The van der Waals surface area contributed by atoms with E-state index in [4.69, 9.17) is 21.1 Å². The number of ether oxygens (including phenoxy) is 2. The van der Waals surface area contributed by atoms with Gasteiger partial charge in [0, 0.05) is 29.7 Å². The summed E-state index contributed by atoms with van der Waals surface area (Å²) < 4.78 is 10.7. The highest BCUT2D eigenvalue weighted by molar-refractivity contribution is 7.16. The number of hydrogen-bond acceptors (Lipinski definition) is 7. The fourth-order valence-electron chi connectivity index (χ4n) is 4.69. The second kappa shape index (κ2) is 8.61. The fourth-order valence-corrected chi connectivity index (χ4v) is 5.52. The number of nitrogens with one attached hydrogen (secondary N) is 1. The highest BCUT2D eigenvalue weighted by Gasteiger charge is 2.41. The Morgan fingerprint density at radius 1 is 1.16 bits per heavy atom. The predicted octanol–water partition coefficient (Wildman–Crippen LogP) is 4.64. The van der Waals surface area contributed by atoms with Crippen molar-refractivity contribution in [2.45, 2.75) is 50.4 Å². The minimum atomic E-state index is -0.516. The number of nitrogens with zero attached hydrogens (tertiary/aromatic N) is 3. The van der Waals surface area contributed by atoms with Crippen LogP contribution in [0, 0.1) is 0 Å². The van der Waals surface area contributed by atoms with Gasteiger partial charge in [0.05, 0.1) is 7.11 Å². The highest BCUT2D eigenvalue weighted by Crippen LogP contribution is 2.37. The molecular weight excluding hydrogens is 436 g/mol. The first-order chi connectivity index (χ1) is 15.1. The van der Waals surface area contributed by atoms with E-state index in [1.807, 2.05) is 23.6 Å². The molecule has 0 saturated carbocycles. The summed E-state index contributed by atoms with van der Waals surface area (Å²) in [5, 5.41) is 5.67. The van der Waals surface area contributed by atoms with E-state index >= 15 is 0 Å². The normalized spacial score (nSPS) is 23.1. The lowest BCUT2D eigenvalue weighted by Gasteiger charge is -2.39. The number of carbonyl (C=O) groups excluding carboxylic acids is 1. The number of fused-ring (bicyclic) bond motifs is 3. The van der Waals surface area contributed by atoms with Gasteiger partial charge in [-0.2, -0.15) is 4.98 Å². The quantitative estimate of drug-likeness (QED) is 0.600. The number of benzene rings is 1. The minimum absolute atomic E-state index is 0.0790. The van der Waals surface area contributed by atoms with Crippen molar-refractivity contribution in [1.82, 2.24) is 20.2 Å². The number of rotatable bonds is 5. The van der Waals surface area contributed by atoms with Gasteiger partial charge in [0.2, 0.25) is 0 Å². The molecule has 31 heavy (non-hydrogen) atoms. The van der Waals surface area contributed by atoms with Gasteiger partial charge in [-0.25, -0.2) is 9.78 Å². The third-order valence-electron chi connectivity index (χ3n) is 6.10. The maximum atomic E-state index is 12.6. The number of carbonyl (C=O) groups is 1. The summed E-state index contributed by atoms with van der Waals surface area (Å²) in [5.41, 5.74) is 1.95. The molecule has 0 spiro atoms. The Bertz CT molecular complexity index is 1080. The first-order valence-electron chi connectivity index (χ1n) is 10.4. The van der Waals surface area contributed by atoms with Gasteiger partial charge < -0.3 is 14.8 Å². The van der Waals surface area contributed by atoms with E-state index in [-0.39, 0.29) is 17.8 Å². The van der Waals surface area contributed by atoms with Crippen LogP contribution in [0.5, 0.6) is 11.8 Å². The topological polar surface area (TPSA) is 76.6 Å². The van der Waals surface area contributed by atoms with E-state index in [9.17, 15) is 4.79 Å². The summed E-state index contributed by atoms with van der Waals surface area (Å²) in [6, 6.07) is 10.9. The zero-order chi connectivity index (χ0) is 21.4. The van der Waals surface area contributed by atoms with Crippen molar-refractivity contribution in [3.63, 3.8) is 0 Å². The molecule has 9 heteroatoms. The van der Waals surface area contributed by atoms with Crippen LogP contribution in [0.4, 0.5) is 4.79 Å². The zero-order valence-corrected chi connectivity index (χ0v) is 18.7. The van der Waals surface area contributed by atoms with E-state index in [1.165, 1.54) is 24.0 Å². The maximum absolute atomic E-state index is 12.6. The molecule has 5 rings (SSSR count). The van der Waals surface area contributed by atoms with Crippen LogP contribution in [0.2, 0.25) is 5.02 Å². The van der Waals surface area contributed by atoms with Gasteiger partial charge >= 0.3 is 6.09 Å². The summed E-state index contributed by atoms with van der Waals surface area (Å²) in [6.07, 6.45) is 3.61. The largest absolute Gasteiger partial charge is 0.477 e. The predicted molar refractivity (Wildman–Crippen MR) is 120 cm³/mol.